The summed E-state index contributed by atoms with van der Waals surface area (Å²) in [6.07, 6.45) is 2.04. The van der Waals surface area contributed by atoms with Gasteiger partial charge in [-0.05, 0) is 44.9 Å². The first-order valence-electron chi connectivity index (χ1n) is 11.6. The molecule has 7 heteroatoms. The monoisotopic (exact) mass is 451 g/mol. The highest BCUT2D eigenvalue weighted by molar-refractivity contribution is 6.03. The highest BCUT2D eigenvalue weighted by Gasteiger charge is 2.36. The van der Waals surface area contributed by atoms with Crippen molar-refractivity contribution < 1.29 is 18.7 Å². The van der Waals surface area contributed by atoms with E-state index in [1.807, 2.05) is 36.1 Å². The van der Waals surface area contributed by atoms with Crippen LogP contribution in [0.1, 0.15) is 48.9 Å². The predicted octanol–water partition coefficient (Wildman–Crippen LogP) is 4.09. The summed E-state index contributed by atoms with van der Waals surface area (Å²) in [6.45, 7) is 5.49. The second-order valence-electron chi connectivity index (χ2n) is 8.72. The van der Waals surface area contributed by atoms with Gasteiger partial charge in [-0.1, -0.05) is 48.0 Å². The summed E-state index contributed by atoms with van der Waals surface area (Å²) in [7, 11) is 0. The Hall–Kier alpha value is -3.06. The molecule has 0 spiro atoms. The number of ether oxygens (including phenoxy) is 1. The van der Waals surface area contributed by atoms with Gasteiger partial charge in [-0.15, -0.1) is 0 Å². The van der Waals surface area contributed by atoms with Gasteiger partial charge in [0, 0.05) is 18.5 Å². The fourth-order valence-electron chi connectivity index (χ4n) is 4.64. The van der Waals surface area contributed by atoms with Gasteiger partial charge in [0.25, 0.3) is 5.91 Å². The number of aryl methyl sites for hydroxylation is 1. The molecule has 174 valence electrons. The maximum atomic E-state index is 14.7. The zero-order valence-corrected chi connectivity index (χ0v) is 19.2. The van der Waals surface area contributed by atoms with Crippen LogP contribution in [0.25, 0.3) is 0 Å². The smallest absolute Gasteiger partial charge is 0.310 e. The van der Waals surface area contributed by atoms with Crippen LogP contribution in [-0.4, -0.2) is 53.7 Å². The van der Waals surface area contributed by atoms with E-state index in [0.717, 1.165) is 36.2 Å². The summed E-state index contributed by atoms with van der Waals surface area (Å²) in [4.78, 5) is 27.6. The number of piperidine rings is 1. The molecular weight excluding hydrogens is 421 g/mol. The molecule has 4 rings (SSSR count). The third-order valence-corrected chi connectivity index (χ3v) is 6.27. The average Bonchev–Trinajstić information content (AvgIpc) is 3.25. The number of hydrogen-bond donors (Lipinski definition) is 0. The van der Waals surface area contributed by atoms with Gasteiger partial charge in [0.2, 0.25) is 0 Å². The average molecular weight is 452 g/mol. The number of hydrazone groups is 1. The van der Waals surface area contributed by atoms with Crippen LogP contribution in [0.5, 0.6) is 0 Å². The van der Waals surface area contributed by atoms with Crippen LogP contribution < -0.4 is 0 Å². The zero-order valence-electron chi connectivity index (χ0n) is 19.2. The van der Waals surface area contributed by atoms with Gasteiger partial charge in [-0.3, -0.25) is 14.5 Å². The minimum Gasteiger partial charge on any atom is -0.466 e. The Morgan fingerprint density at radius 2 is 2.00 bits per heavy atom. The number of halogens is 1. The molecule has 0 bridgehead atoms. The first kappa shape index (κ1) is 23.1. The first-order valence-corrected chi connectivity index (χ1v) is 11.6. The lowest BCUT2D eigenvalue weighted by Gasteiger charge is -2.32. The van der Waals surface area contributed by atoms with Gasteiger partial charge >= 0.3 is 5.97 Å². The van der Waals surface area contributed by atoms with E-state index in [1.165, 1.54) is 11.1 Å². The van der Waals surface area contributed by atoms with Crippen molar-refractivity contribution >= 4 is 17.6 Å². The van der Waals surface area contributed by atoms with Gasteiger partial charge in [0.15, 0.2) is 0 Å². The number of likely N-dealkylation sites (tertiary alicyclic amines) is 1. The fraction of sp³-hybridized carbons (Fsp3) is 0.423. The van der Waals surface area contributed by atoms with Crippen molar-refractivity contribution in [1.29, 1.82) is 0 Å². The lowest BCUT2D eigenvalue weighted by Crippen LogP contribution is -2.45. The standard InChI is InChI=1S/C26H30FN3O3/c1-3-33-26(32)20-10-7-13-29(16-20)17-25(31)30-24(21-11-4-5-12-22(21)27)15-23(28-30)19-9-6-8-18(2)14-19/h4-6,8-9,11-12,14,20,24H,3,7,10,13,15-17H2,1-2H3. The third-order valence-electron chi connectivity index (χ3n) is 6.27. The van der Waals surface area contributed by atoms with E-state index in [1.54, 1.807) is 25.1 Å². The van der Waals surface area contributed by atoms with E-state index < -0.39 is 6.04 Å². The van der Waals surface area contributed by atoms with E-state index in [4.69, 9.17) is 4.74 Å². The Morgan fingerprint density at radius 1 is 1.18 bits per heavy atom. The maximum absolute atomic E-state index is 14.7. The van der Waals surface area contributed by atoms with E-state index in [0.29, 0.717) is 25.1 Å². The SMILES string of the molecule is CCOC(=O)C1CCCN(CC(=O)N2N=C(c3cccc(C)c3)CC2c2ccccc2F)C1. The second-order valence-corrected chi connectivity index (χ2v) is 8.72. The van der Waals surface area contributed by atoms with Crippen molar-refractivity contribution in [2.45, 2.75) is 39.2 Å². The predicted molar refractivity (Wildman–Crippen MR) is 124 cm³/mol. The lowest BCUT2D eigenvalue weighted by atomic mass is 9.97. The van der Waals surface area contributed by atoms with Crippen LogP contribution in [0.15, 0.2) is 53.6 Å². The van der Waals surface area contributed by atoms with Gasteiger partial charge < -0.3 is 4.74 Å². The number of esters is 1. The molecule has 1 amide bonds. The molecule has 1 saturated heterocycles. The topological polar surface area (TPSA) is 62.2 Å². The van der Waals surface area contributed by atoms with E-state index in [2.05, 4.69) is 5.10 Å². The Balaban J connectivity index is 1.55. The molecular formula is C26H30FN3O3. The Morgan fingerprint density at radius 3 is 2.76 bits per heavy atom. The van der Waals surface area contributed by atoms with Gasteiger partial charge in [-0.25, -0.2) is 9.40 Å². The van der Waals surface area contributed by atoms with Gasteiger partial charge in [0.1, 0.15) is 5.82 Å². The van der Waals surface area contributed by atoms with Crippen LogP contribution in [-0.2, 0) is 14.3 Å². The molecule has 0 saturated carbocycles. The summed E-state index contributed by atoms with van der Waals surface area (Å²) in [6, 6.07) is 14.0. The number of benzene rings is 2. The minimum atomic E-state index is -0.500. The number of hydrogen-bond acceptors (Lipinski definition) is 5. The van der Waals surface area contributed by atoms with E-state index in [-0.39, 0.29) is 30.2 Å². The summed E-state index contributed by atoms with van der Waals surface area (Å²) in [5.41, 5.74) is 3.26. The molecule has 1 fully saturated rings. The number of amides is 1. The van der Waals surface area contributed by atoms with Crippen molar-refractivity contribution in [2.24, 2.45) is 11.0 Å². The summed E-state index contributed by atoms with van der Waals surface area (Å²) in [5, 5.41) is 6.10. The molecule has 2 aliphatic heterocycles. The Kier molecular flexibility index (Phi) is 7.18. The molecule has 33 heavy (non-hydrogen) atoms. The fourth-order valence-corrected chi connectivity index (χ4v) is 4.64. The molecule has 6 nitrogen and oxygen atoms in total. The highest BCUT2D eigenvalue weighted by Crippen LogP contribution is 2.34. The van der Waals surface area contributed by atoms with Gasteiger partial charge in [-0.2, -0.15) is 5.10 Å². The third kappa shape index (κ3) is 5.30. The zero-order chi connectivity index (χ0) is 23.4. The number of carbonyl (C=O) groups is 2. The molecule has 2 atom stereocenters. The molecule has 2 aliphatic rings. The second kappa shape index (κ2) is 10.3. The van der Waals surface area contributed by atoms with E-state index >= 15 is 0 Å². The number of carbonyl (C=O) groups excluding carboxylic acids is 2. The largest absolute Gasteiger partial charge is 0.466 e. The first-order chi connectivity index (χ1) is 16.0. The Bertz CT molecular complexity index is 1050. The molecule has 0 N–H and O–H groups in total. The molecule has 2 unspecified atom stereocenters. The van der Waals surface area contributed by atoms with Crippen LogP contribution in [0.2, 0.25) is 0 Å². The van der Waals surface area contributed by atoms with Crippen molar-refractivity contribution in [3.8, 4) is 0 Å². The van der Waals surface area contributed by atoms with Crippen LogP contribution in [0.3, 0.4) is 0 Å². The molecule has 2 heterocycles. The Labute approximate surface area is 194 Å². The van der Waals surface area contributed by atoms with Crippen molar-refractivity contribution in [3.05, 3.63) is 71.0 Å². The summed E-state index contributed by atoms with van der Waals surface area (Å²) in [5.74, 6) is -0.977. The van der Waals surface area contributed by atoms with Crippen LogP contribution in [0.4, 0.5) is 4.39 Å². The molecule has 0 radical (unpaired) electrons. The number of nitrogens with zero attached hydrogens (tertiary/aromatic N) is 3. The minimum absolute atomic E-state index is 0.130. The van der Waals surface area contributed by atoms with E-state index in [9.17, 15) is 14.0 Å². The van der Waals surface area contributed by atoms with Crippen molar-refractivity contribution in [2.75, 3.05) is 26.2 Å². The van der Waals surface area contributed by atoms with Crippen molar-refractivity contribution in [3.63, 3.8) is 0 Å². The van der Waals surface area contributed by atoms with Crippen LogP contribution in [0, 0.1) is 18.7 Å². The molecule has 2 aromatic rings. The molecule has 0 aromatic heterocycles. The van der Waals surface area contributed by atoms with Crippen molar-refractivity contribution in [1.82, 2.24) is 9.91 Å². The maximum Gasteiger partial charge on any atom is 0.310 e. The van der Waals surface area contributed by atoms with Gasteiger partial charge in [0.05, 0.1) is 30.8 Å². The van der Waals surface area contributed by atoms with Crippen LogP contribution >= 0.6 is 0 Å². The summed E-state index contributed by atoms with van der Waals surface area (Å²) >= 11 is 0. The normalized spacial score (nSPS) is 21.1. The lowest BCUT2D eigenvalue weighted by molar-refractivity contribution is -0.150. The molecule has 0 aliphatic carbocycles. The molecule has 2 aromatic carbocycles. The number of rotatable bonds is 6. The summed E-state index contributed by atoms with van der Waals surface area (Å²) < 4.78 is 19.9. The quantitative estimate of drug-likeness (QED) is 0.621. The highest BCUT2D eigenvalue weighted by atomic mass is 19.1.